The number of piperazine rings is 1. The molecule has 0 saturated carbocycles. The molecule has 2 rings (SSSR count). The third-order valence-electron chi connectivity index (χ3n) is 6.82. The van der Waals surface area contributed by atoms with Crippen molar-refractivity contribution in [3.05, 3.63) is 29.8 Å². The predicted octanol–water partition coefficient (Wildman–Crippen LogP) is 5.53. The molecule has 39 heavy (non-hydrogen) atoms. The first kappa shape index (κ1) is 32.5. The third-order valence-corrected chi connectivity index (χ3v) is 7.16. The van der Waals surface area contributed by atoms with Crippen LogP contribution in [0.25, 0.3) is 0 Å². The summed E-state index contributed by atoms with van der Waals surface area (Å²) in [6.07, 6.45) is 13.8. The van der Waals surface area contributed by atoms with Crippen molar-refractivity contribution in [1.29, 1.82) is 0 Å². The molecular formula is C30H47N3O5S. The quantitative estimate of drug-likeness (QED) is 0.138. The number of thiocarbonyl (C=S) groups is 1. The van der Waals surface area contributed by atoms with Gasteiger partial charge in [0.05, 0.1) is 25.2 Å². The highest BCUT2D eigenvalue weighted by Crippen LogP contribution is 2.19. The first-order valence-corrected chi connectivity index (χ1v) is 15.2. The van der Waals surface area contributed by atoms with Crippen LogP contribution in [0.1, 0.15) is 108 Å². The fraction of sp³-hybridized carbons (Fsp3) is 0.667. The van der Waals surface area contributed by atoms with Crippen LogP contribution in [0, 0.1) is 0 Å². The molecule has 1 saturated heterocycles. The highest BCUT2D eigenvalue weighted by atomic mass is 32.1. The number of carbonyl (C=O) groups excluding carboxylic acids is 3. The third kappa shape index (κ3) is 12.4. The molecule has 1 heterocycles. The van der Waals surface area contributed by atoms with E-state index in [1.54, 1.807) is 23.1 Å². The van der Waals surface area contributed by atoms with Crippen LogP contribution in [0.15, 0.2) is 24.3 Å². The second kappa shape index (κ2) is 19.4. The van der Waals surface area contributed by atoms with Crippen molar-refractivity contribution < 1.29 is 23.9 Å². The minimum Gasteiger partial charge on any atom is -0.493 e. The molecule has 1 atom stereocenters. The Balaban J connectivity index is 1.77. The number of unbranched alkanes of at least 4 members (excludes halogenated alkanes) is 10. The summed E-state index contributed by atoms with van der Waals surface area (Å²) in [4.78, 5) is 39.7. The number of hydrogen-bond donors (Lipinski definition) is 2. The Kier molecular flexibility index (Phi) is 16.2. The smallest absolute Gasteiger partial charge is 0.308 e. The average Bonchev–Trinajstić information content (AvgIpc) is 2.93. The summed E-state index contributed by atoms with van der Waals surface area (Å²) in [5.74, 6) is -0.686. The van der Waals surface area contributed by atoms with E-state index in [1.165, 1.54) is 44.9 Å². The number of carbonyl (C=O) groups is 3. The lowest BCUT2D eigenvalue weighted by atomic mass is 10.1. The van der Waals surface area contributed by atoms with Gasteiger partial charge in [0.1, 0.15) is 11.8 Å². The summed E-state index contributed by atoms with van der Waals surface area (Å²) in [5, 5.41) is 5.60. The van der Waals surface area contributed by atoms with Gasteiger partial charge in [0.2, 0.25) is 5.91 Å². The van der Waals surface area contributed by atoms with Crippen molar-refractivity contribution >= 4 is 35.1 Å². The zero-order valence-corrected chi connectivity index (χ0v) is 24.6. The number of hydrogen-bond acceptors (Lipinski definition) is 6. The molecule has 1 fully saturated rings. The Morgan fingerprint density at radius 2 is 1.59 bits per heavy atom. The second-order valence-electron chi connectivity index (χ2n) is 10.1. The molecule has 1 unspecified atom stereocenters. The highest BCUT2D eigenvalue weighted by Gasteiger charge is 2.34. The number of nitrogens with one attached hydrogen (secondary N) is 2. The SMILES string of the molecule is CCCCCCCCCCCCOC(=O)CC1C(=O)NCCN1C(=S)NC(=O)c1ccccc1OCCCC. The van der Waals surface area contributed by atoms with Gasteiger partial charge in [0, 0.05) is 13.1 Å². The molecule has 9 heteroatoms. The number of amides is 2. The van der Waals surface area contributed by atoms with Crippen LogP contribution in [0.3, 0.4) is 0 Å². The van der Waals surface area contributed by atoms with E-state index in [0.29, 0.717) is 37.6 Å². The molecule has 0 spiro atoms. The van der Waals surface area contributed by atoms with Crippen LogP contribution in [0.2, 0.25) is 0 Å². The number of benzene rings is 1. The van der Waals surface area contributed by atoms with E-state index in [1.807, 2.05) is 6.07 Å². The molecule has 1 aliphatic rings. The summed E-state index contributed by atoms with van der Waals surface area (Å²) < 4.78 is 11.2. The van der Waals surface area contributed by atoms with Gasteiger partial charge < -0.3 is 19.7 Å². The second-order valence-corrected chi connectivity index (χ2v) is 10.5. The van der Waals surface area contributed by atoms with Gasteiger partial charge in [-0.2, -0.15) is 0 Å². The van der Waals surface area contributed by atoms with Crippen LogP contribution in [-0.2, 0) is 14.3 Å². The maximum absolute atomic E-state index is 13.0. The molecule has 2 N–H and O–H groups in total. The maximum Gasteiger partial charge on any atom is 0.308 e. The van der Waals surface area contributed by atoms with E-state index in [0.717, 1.165) is 32.1 Å². The molecule has 8 nitrogen and oxygen atoms in total. The normalized spacial score (nSPS) is 15.0. The Hall–Kier alpha value is -2.68. The van der Waals surface area contributed by atoms with Crippen molar-refractivity contribution in [2.45, 2.75) is 103 Å². The van der Waals surface area contributed by atoms with Crippen molar-refractivity contribution in [3.8, 4) is 5.75 Å². The largest absolute Gasteiger partial charge is 0.493 e. The van der Waals surface area contributed by atoms with Crippen molar-refractivity contribution in [2.75, 3.05) is 26.3 Å². The minimum atomic E-state index is -0.831. The van der Waals surface area contributed by atoms with Gasteiger partial charge in [-0.1, -0.05) is 90.2 Å². The molecule has 1 aromatic rings. The monoisotopic (exact) mass is 561 g/mol. The minimum absolute atomic E-state index is 0.103. The standard InChI is InChI=1S/C30H47N3O5S/c1-3-5-7-8-9-10-11-12-13-16-22-38-27(34)23-25-29(36)31-19-20-33(25)30(39)32-28(35)24-17-14-15-18-26(24)37-21-6-4-2/h14-15,17-18,25H,3-13,16,19-23H2,1-2H3,(H,31,36)(H,32,35,39). The van der Waals surface area contributed by atoms with E-state index < -0.39 is 17.9 Å². The van der Waals surface area contributed by atoms with E-state index in [4.69, 9.17) is 21.7 Å². The molecule has 218 valence electrons. The number of nitrogens with zero attached hydrogens (tertiary/aromatic N) is 1. The topological polar surface area (TPSA) is 97.0 Å². The summed E-state index contributed by atoms with van der Waals surface area (Å²) in [7, 11) is 0. The molecule has 0 aliphatic carbocycles. The molecular weight excluding hydrogens is 514 g/mol. The highest BCUT2D eigenvalue weighted by molar-refractivity contribution is 7.80. The van der Waals surface area contributed by atoms with Gasteiger partial charge >= 0.3 is 5.97 Å². The molecule has 1 aliphatic heterocycles. The number of rotatable bonds is 18. The van der Waals surface area contributed by atoms with Gasteiger partial charge in [-0.05, 0) is 37.2 Å². The first-order valence-electron chi connectivity index (χ1n) is 14.7. The zero-order valence-electron chi connectivity index (χ0n) is 23.8. The van der Waals surface area contributed by atoms with Crippen LogP contribution in [0.5, 0.6) is 5.75 Å². The van der Waals surface area contributed by atoms with E-state index in [2.05, 4.69) is 24.5 Å². The number of esters is 1. The Morgan fingerprint density at radius 1 is 0.949 bits per heavy atom. The van der Waals surface area contributed by atoms with Gasteiger partial charge in [-0.3, -0.25) is 19.7 Å². The molecule has 0 aromatic heterocycles. The Bertz CT molecular complexity index is 910. The summed E-state index contributed by atoms with van der Waals surface area (Å²) >= 11 is 5.49. The van der Waals surface area contributed by atoms with Crippen LogP contribution >= 0.6 is 12.2 Å². The van der Waals surface area contributed by atoms with Gasteiger partial charge in [-0.25, -0.2) is 0 Å². The molecule has 1 aromatic carbocycles. The lowest BCUT2D eigenvalue weighted by Crippen LogP contribution is -2.60. The maximum atomic E-state index is 13.0. The number of ether oxygens (including phenoxy) is 2. The molecule has 0 bridgehead atoms. The van der Waals surface area contributed by atoms with Crippen LogP contribution < -0.4 is 15.4 Å². The van der Waals surface area contributed by atoms with Crippen molar-refractivity contribution in [3.63, 3.8) is 0 Å². The van der Waals surface area contributed by atoms with Crippen LogP contribution in [0.4, 0.5) is 0 Å². The average molecular weight is 562 g/mol. The summed E-state index contributed by atoms with van der Waals surface area (Å²) in [6.45, 7) is 5.92. The zero-order chi connectivity index (χ0) is 28.3. The van der Waals surface area contributed by atoms with Crippen molar-refractivity contribution in [2.24, 2.45) is 0 Å². The van der Waals surface area contributed by atoms with Crippen LogP contribution in [-0.4, -0.2) is 60.1 Å². The molecule has 0 radical (unpaired) electrons. The fourth-order valence-electron chi connectivity index (χ4n) is 4.50. The Morgan fingerprint density at radius 3 is 2.28 bits per heavy atom. The van der Waals surface area contributed by atoms with Gasteiger partial charge in [0.15, 0.2) is 5.11 Å². The van der Waals surface area contributed by atoms with E-state index in [9.17, 15) is 14.4 Å². The van der Waals surface area contributed by atoms with Gasteiger partial charge in [-0.15, -0.1) is 0 Å². The lowest BCUT2D eigenvalue weighted by Gasteiger charge is -2.36. The Labute approximate surface area is 239 Å². The van der Waals surface area contributed by atoms with E-state index in [-0.39, 0.29) is 17.4 Å². The van der Waals surface area contributed by atoms with E-state index >= 15 is 0 Å². The van der Waals surface area contributed by atoms with Gasteiger partial charge in [0.25, 0.3) is 5.91 Å². The fourth-order valence-corrected chi connectivity index (χ4v) is 4.81. The number of para-hydroxylation sites is 1. The molecule has 2 amide bonds. The van der Waals surface area contributed by atoms with Crippen molar-refractivity contribution in [1.82, 2.24) is 15.5 Å². The lowest BCUT2D eigenvalue weighted by molar-refractivity contribution is -0.147. The predicted molar refractivity (Wildman–Crippen MR) is 158 cm³/mol. The first-order chi connectivity index (χ1) is 19.0. The summed E-state index contributed by atoms with van der Waals surface area (Å²) in [6, 6.07) is 6.15. The summed E-state index contributed by atoms with van der Waals surface area (Å²) in [5.41, 5.74) is 0.366.